The second-order valence-electron chi connectivity index (χ2n) is 16.7. The Bertz CT molecular complexity index is 1880. The molecule has 0 spiro atoms. The Labute approximate surface area is 273 Å². The highest BCUT2D eigenvalue weighted by atomic mass is 16.3. The lowest BCUT2D eigenvalue weighted by Gasteiger charge is -2.33. The van der Waals surface area contributed by atoms with Gasteiger partial charge >= 0.3 is 0 Å². The van der Waals surface area contributed by atoms with E-state index < -0.39 is 22.4 Å². The van der Waals surface area contributed by atoms with Crippen molar-refractivity contribution in [3.8, 4) is 0 Å². The zero-order valence-electron chi connectivity index (χ0n) is 30.0. The standard InChI is InChI=1S/C38H50N4O4/c1-19-37(9,10)23-15-21(25(17-27(23)41(19)13)39-33(45)35(3,4)5)29-31(43)30(32(29)44)22-16-24-28(42(14)20(2)38(24,11)12)18-26(22)40-34(46)36(6,7)8/h15-20H,1-14H3,(H2,39,40,43,44,45,46). The molecule has 0 bridgehead atoms. The Hall–Kier alpha value is -3.94. The van der Waals surface area contributed by atoms with Gasteiger partial charge in [-0.15, -0.1) is 0 Å². The van der Waals surface area contributed by atoms with Crippen molar-refractivity contribution < 1.29 is 19.5 Å². The number of benzene rings is 2. The third-order valence-electron chi connectivity index (χ3n) is 11.0. The average Bonchev–Trinajstić information content (AvgIpc) is 3.21. The molecule has 2 aromatic carbocycles. The number of rotatable bonds is 3. The van der Waals surface area contributed by atoms with E-state index in [4.69, 9.17) is 0 Å². The molecule has 2 heterocycles. The van der Waals surface area contributed by atoms with E-state index in [0.29, 0.717) is 22.2 Å². The van der Waals surface area contributed by atoms with E-state index in [0.717, 1.165) is 22.2 Å². The summed E-state index contributed by atoms with van der Waals surface area (Å²) in [4.78, 5) is 42.9. The van der Waals surface area contributed by atoms with Crippen molar-refractivity contribution in [3.63, 3.8) is 0 Å². The molecule has 2 aliphatic heterocycles. The molecule has 8 nitrogen and oxygen atoms in total. The minimum atomic E-state index is -0.688. The van der Waals surface area contributed by atoms with Crippen molar-refractivity contribution in [3.05, 3.63) is 57.3 Å². The van der Waals surface area contributed by atoms with E-state index in [1.54, 1.807) is 0 Å². The zero-order valence-corrected chi connectivity index (χ0v) is 30.0. The lowest BCUT2D eigenvalue weighted by atomic mass is 9.76. The number of hydrogen-bond acceptors (Lipinski definition) is 5. The summed E-state index contributed by atoms with van der Waals surface area (Å²) in [5, 5.41) is 21.7. The highest BCUT2D eigenvalue weighted by Gasteiger charge is 2.45. The molecule has 2 atom stereocenters. The third-order valence-corrected chi connectivity index (χ3v) is 11.0. The van der Waals surface area contributed by atoms with Crippen molar-refractivity contribution >= 4 is 45.8 Å². The molecule has 8 heteroatoms. The van der Waals surface area contributed by atoms with Crippen LogP contribution in [0.15, 0.2) is 30.0 Å². The van der Waals surface area contributed by atoms with Crippen LogP contribution in [0.5, 0.6) is 0 Å². The second kappa shape index (κ2) is 10.3. The first kappa shape index (κ1) is 33.4. The number of nitrogens with one attached hydrogen (secondary N) is 2. The Morgan fingerprint density at radius 2 is 1.37 bits per heavy atom. The first-order valence-electron chi connectivity index (χ1n) is 16.2. The van der Waals surface area contributed by atoms with Gasteiger partial charge in [-0.05, 0) is 51.5 Å². The van der Waals surface area contributed by atoms with E-state index in [9.17, 15) is 19.5 Å². The van der Waals surface area contributed by atoms with E-state index in [1.165, 1.54) is 0 Å². The van der Waals surface area contributed by atoms with Crippen LogP contribution in [0, 0.1) is 10.8 Å². The van der Waals surface area contributed by atoms with E-state index in [2.05, 4.69) is 61.7 Å². The van der Waals surface area contributed by atoms with Crippen LogP contribution in [0.1, 0.15) is 99.8 Å². The van der Waals surface area contributed by atoms with Gasteiger partial charge in [-0.3, -0.25) is 14.4 Å². The van der Waals surface area contributed by atoms with Gasteiger partial charge in [-0.25, -0.2) is 4.58 Å². The predicted octanol–water partition coefficient (Wildman–Crippen LogP) is 4.08. The van der Waals surface area contributed by atoms with Crippen molar-refractivity contribution in [1.29, 1.82) is 0 Å². The molecule has 0 fully saturated rings. The summed E-state index contributed by atoms with van der Waals surface area (Å²) in [5.74, 6) is -1.21. The van der Waals surface area contributed by atoms with Gasteiger partial charge in [0.25, 0.3) is 0 Å². The molecule has 2 unspecified atom stereocenters. The number of anilines is 3. The van der Waals surface area contributed by atoms with Crippen LogP contribution < -0.4 is 35.8 Å². The first-order valence-corrected chi connectivity index (χ1v) is 16.2. The van der Waals surface area contributed by atoms with Gasteiger partial charge in [0.2, 0.25) is 17.2 Å². The maximum atomic E-state index is 14.3. The summed E-state index contributed by atoms with van der Waals surface area (Å²) >= 11 is 0. The number of Topliss-reactive ketones (excluding diaryl/α,β-unsaturated/α-hetero) is 1. The van der Waals surface area contributed by atoms with Gasteiger partial charge in [0.1, 0.15) is 7.05 Å². The van der Waals surface area contributed by atoms with Crippen LogP contribution in [-0.4, -0.2) is 43.8 Å². The lowest BCUT2D eigenvalue weighted by Crippen LogP contribution is -2.38. The average molecular weight is 627 g/mol. The molecule has 1 aliphatic carbocycles. The van der Waals surface area contributed by atoms with Gasteiger partial charge < -0.3 is 20.6 Å². The second-order valence-corrected chi connectivity index (χ2v) is 16.7. The van der Waals surface area contributed by atoms with Gasteiger partial charge in [-0.2, -0.15) is 0 Å². The van der Waals surface area contributed by atoms with Crippen molar-refractivity contribution in [2.45, 2.75) is 106 Å². The van der Waals surface area contributed by atoms with Crippen LogP contribution >= 0.6 is 0 Å². The number of likely N-dealkylation sites (N-methyl/N-ethyl adjacent to an activating group) is 2. The van der Waals surface area contributed by atoms with Crippen LogP contribution in [0.25, 0.3) is 11.1 Å². The summed E-state index contributed by atoms with van der Waals surface area (Å²) < 4.78 is 2.17. The van der Waals surface area contributed by atoms with Gasteiger partial charge in [0.05, 0.1) is 16.8 Å². The van der Waals surface area contributed by atoms with Crippen molar-refractivity contribution in [1.82, 2.24) is 4.58 Å². The molecule has 0 saturated heterocycles. The monoisotopic (exact) mass is 626 g/mol. The number of amides is 2. The van der Waals surface area contributed by atoms with Crippen molar-refractivity contribution in [2.24, 2.45) is 10.8 Å². The first-order chi connectivity index (χ1) is 20.9. The normalized spacial score (nSPS) is 22.9. The van der Waals surface area contributed by atoms with Crippen LogP contribution in [0.4, 0.5) is 17.1 Å². The maximum Gasteiger partial charge on any atom is 0.229 e. The number of fused-ring (bicyclic) bond motifs is 2. The fraction of sp³-hybridized carbons (Fsp3) is 0.526. The van der Waals surface area contributed by atoms with E-state index in [-0.39, 0.29) is 45.9 Å². The minimum Gasteiger partial charge on any atom is -0.871 e. The minimum absolute atomic E-state index is 0.0540. The summed E-state index contributed by atoms with van der Waals surface area (Å²) in [7, 11) is 4.04. The molecule has 0 saturated carbocycles. The van der Waals surface area contributed by atoms with Gasteiger partial charge in [0, 0.05) is 68.6 Å². The molecule has 46 heavy (non-hydrogen) atoms. The molecule has 0 aromatic heterocycles. The third kappa shape index (κ3) is 4.87. The number of nitrogens with zero attached hydrogens (tertiary/aromatic N) is 2. The predicted molar refractivity (Wildman–Crippen MR) is 184 cm³/mol. The maximum absolute atomic E-state index is 14.3. The smallest absolute Gasteiger partial charge is 0.229 e. The number of allylic oxidation sites excluding steroid dienone is 2. The van der Waals surface area contributed by atoms with E-state index in [1.807, 2.05) is 79.9 Å². The fourth-order valence-corrected chi connectivity index (χ4v) is 6.75. The zero-order chi connectivity index (χ0) is 34.6. The quantitative estimate of drug-likeness (QED) is 0.500. The Morgan fingerprint density at radius 3 is 1.89 bits per heavy atom. The fourth-order valence-electron chi connectivity index (χ4n) is 6.75. The molecular formula is C38H50N4O4. The van der Waals surface area contributed by atoms with Gasteiger partial charge in [0.15, 0.2) is 11.8 Å². The van der Waals surface area contributed by atoms with E-state index >= 15 is 0 Å². The molecule has 5 rings (SSSR count). The number of carbonyl (C=O) groups excluding carboxylic acids is 3. The summed E-state index contributed by atoms with van der Waals surface area (Å²) in [6.07, 6.45) is 0. The Morgan fingerprint density at radius 1 is 0.826 bits per heavy atom. The summed E-state index contributed by atoms with van der Waals surface area (Å²) in [5.41, 5.74) is 2.52. The molecule has 3 aliphatic rings. The summed E-state index contributed by atoms with van der Waals surface area (Å²) in [6.45, 7) is 23.9. The van der Waals surface area contributed by atoms with Crippen LogP contribution in [0.2, 0.25) is 0 Å². The molecule has 2 aromatic rings. The number of carbonyl (C=O) groups is 3. The molecule has 246 valence electrons. The number of ketones is 1. The SMILES string of the molecule is CC1N(C)c2cc(NC(=O)C(C)(C)C)c(C3=C([O-])/C(=c4\cc5c(cc4NC(=O)C(C)(C)C)=[N+](C)C(C)C5(C)C)C3=O)cc2C1(C)C. The largest absolute Gasteiger partial charge is 0.871 e. The molecule has 2 amide bonds. The Kier molecular flexibility index (Phi) is 7.47. The molecular weight excluding hydrogens is 576 g/mol. The van der Waals surface area contributed by atoms with Crippen LogP contribution in [0.3, 0.4) is 0 Å². The topological polar surface area (TPSA) is 105 Å². The molecule has 2 N–H and O–H groups in total. The number of hydrogen-bond donors (Lipinski definition) is 2. The highest BCUT2D eigenvalue weighted by molar-refractivity contribution is 6.52. The van der Waals surface area contributed by atoms with Crippen molar-refractivity contribution in [2.75, 3.05) is 29.6 Å². The van der Waals surface area contributed by atoms with Crippen LogP contribution in [-0.2, 0) is 25.2 Å². The summed E-state index contributed by atoms with van der Waals surface area (Å²) in [6, 6.07) is 7.95. The lowest BCUT2D eigenvalue weighted by molar-refractivity contribution is -0.292. The van der Waals surface area contributed by atoms with Gasteiger partial charge in [-0.1, -0.05) is 61.1 Å². The Balaban J connectivity index is 1.80. The highest BCUT2D eigenvalue weighted by Crippen LogP contribution is 2.49. The molecule has 0 radical (unpaired) electrons.